The normalized spacial score (nSPS) is 14.6. The van der Waals surface area contributed by atoms with Gasteiger partial charge < -0.3 is 14.8 Å². The second-order valence-corrected chi connectivity index (χ2v) is 9.77. The molecule has 1 aliphatic heterocycles. The molecule has 0 radical (unpaired) electrons. The third-order valence-corrected chi connectivity index (χ3v) is 6.96. The Morgan fingerprint density at radius 2 is 1.59 bits per heavy atom. The van der Waals surface area contributed by atoms with Gasteiger partial charge >= 0.3 is 12.1 Å². The maximum atomic E-state index is 13.0. The third-order valence-electron chi connectivity index (χ3n) is 6.20. The van der Waals surface area contributed by atoms with Gasteiger partial charge in [0.05, 0.1) is 11.3 Å². The van der Waals surface area contributed by atoms with E-state index >= 15 is 0 Å². The molecule has 2 aromatic heterocycles. The van der Waals surface area contributed by atoms with Crippen LogP contribution in [0.5, 0.6) is 0 Å². The monoisotopic (exact) mass is 542 g/mol. The number of hydrogen-bond donors (Lipinski definition) is 1. The maximum absolute atomic E-state index is 13.0. The Morgan fingerprint density at radius 1 is 0.897 bits per heavy atom. The Bertz CT molecular complexity index is 1430. The predicted octanol–water partition coefficient (Wildman–Crippen LogP) is 5.30. The van der Waals surface area contributed by atoms with Crippen LogP contribution in [0, 0.1) is 0 Å². The second kappa shape index (κ2) is 12.3. The van der Waals surface area contributed by atoms with E-state index in [1.54, 1.807) is 17.5 Å². The summed E-state index contributed by atoms with van der Waals surface area (Å²) >= 11 is 1.26. The lowest BCUT2D eigenvalue weighted by Gasteiger charge is -2.22. The number of esters is 1. The van der Waals surface area contributed by atoms with Crippen LogP contribution in [0.1, 0.15) is 34.3 Å². The molecule has 1 N–H and O–H groups in total. The number of pyridine rings is 1. The molecule has 198 valence electrons. The van der Waals surface area contributed by atoms with Gasteiger partial charge in [0, 0.05) is 18.1 Å². The fourth-order valence-electron chi connectivity index (χ4n) is 4.17. The van der Waals surface area contributed by atoms with Crippen LogP contribution in [-0.4, -0.2) is 45.4 Å². The first-order valence-electron chi connectivity index (χ1n) is 12.5. The molecule has 0 bridgehead atoms. The summed E-state index contributed by atoms with van der Waals surface area (Å²) in [5.41, 5.74) is 3.23. The summed E-state index contributed by atoms with van der Waals surface area (Å²) in [6, 6.07) is 21.5. The van der Waals surface area contributed by atoms with Crippen molar-refractivity contribution in [1.29, 1.82) is 0 Å². The first-order valence-corrected chi connectivity index (χ1v) is 13.4. The highest BCUT2D eigenvalue weighted by molar-refractivity contribution is 7.14. The molecule has 0 saturated carbocycles. The minimum absolute atomic E-state index is 0.150. The van der Waals surface area contributed by atoms with Gasteiger partial charge in [-0.15, -0.1) is 11.3 Å². The van der Waals surface area contributed by atoms with Crippen LogP contribution in [0.3, 0.4) is 0 Å². The molecule has 2 aromatic carbocycles. The van der Waals surface area contributed by atoms with Gasteiger partial charge in [-0.2, -0.15) is 0 Å². The molecule has 4 aromatic rings. The molecular formula is C29H26N4O5S. The molecule has 1 fully saturated rings. The second-order valence-electron chi connectivity index (χ2n) is 8.91. The minimum atomic E-state index is -0.625. The van der Waals surface area contributed by atoms with E-state index in [1.807, 2.05) is 60.7 Å². The molecule has 0 unspecified atom stereocenters. The van der Waals surface area contributed by atoms with Crippen LogP contribution in [0.15, 0.2) is 84.4 Å². The lowest BCUT2D eigenvalue weighted by molar-refractivity contribution is -0.120. The maximum Gasteiger partial charge on any atom is 0.410 e. The van der Waals surface area contributed by atoms with E-state index < -0.39 is 18.1 Å². The van der Waals surface area contributed by atoms with Gasteiger partial charge in [0.25, 0.3) is 0 Å². The SMILES string of the molecule is O=C(OCc1ccccc1)c1ccc(-c2csc(NC(=O)[C@@H]3CCCN3C(=O)OCc3ccccc3)n2)nc1. The van der Waals surface area contributed by atoms with Crippen molar-refractivity contribution >= 4 is 34.4 Å². The van der Waals surface area contributed by atoms with E-state index in [-0.39, 0.29) is 19.1 Å². The number of nitrogens with zero attached hydrogens (tertiary/aromatic N) is 3. The number of amides is 2. The number of carbonyl (C=O) groups is 3. The number of hydrogen-bond acceptors (Lipinski definition) is 8. The van der Waals surface area contributed by atoms with Gasteiger partial charge in [-0.3, -0.25) is 14.7 Å². The number of ether oxygens (including phenoxy) is 2. The zero-order valence-electron chi connectivity index (χ0n) is 21.0. The van der Waals surface area contributed by atoms with Crippen LogP contribution < -0.4 is 5.32 Å². The molecule has 39 heavy (non-hydrogen) atoms. The van der Waals surface area contributed by atoms with Crippen molar-refractivity contribution in [3.8, 4) is 11.4 Å². The number of aromatic nitrogens is 2. The summed E-state index contributed by atoms with van der Waals surface area (Å²) in [6.07, 6.45) is 2.19. The van der Waals surface area contributed by atoms with Gasteiger partial charge in [0.2, 0.25) is 5.91 Å². The number of thiazole rings is 1. The standard InChI is InChI=1S/C29H26N4O5S/c34-26(25-12-7-15-33(25)29(36)38-18-21-10-5-2-6-11-21)32-28-31-24(19-39-28)23-14-13-22(16-30-23)27(35)37-17-20-8-3-1-4-9-20/h1-6,8-11,13-14,16,19,25H,7,12,15,17-18H2,(H,31,32,34)/t25-/m0/s1. The Kier molecular flexibility index (Phi) is 8.23. The summed E-state index contributed by atoms with van der Waals surface area (Å²) < 4.78 is 10.8. The summed E-state index contributed by atoms with van der Waals surface area (Å²) in [7, 11) is 0. The van der Waals surface area contributed by atoms with Crippen LogP contribution >= 0.6 is 11.3 Å². The van der Waals surface area contributed by atoms with Crippen LogP contribution in [0.2, 0.25) is 0 Å². The average Bonchev–Trinajstić information content (AvgIpc) is 3.66. The van der Waals surface area contributed by atoms with Crippen molar-refractivity contribution in [1.82, 2.24) is 14.9 Å². The molecule has 5 rings (SSSR count). The molecule has 1 atom stereocenters. The van der Waals surface area contributed by atoms with Gasteiger partial charge in [-0.25, -0.2) is 14.6 Å². The highest BCUT2D eigenvalue weighted by Gasteiger charge is 2.35. The Balaban J connectivity index is 1.15. The molecule has 0 spiro atoms. The van der Waals surface area contributed by atoms with Crippen molar-refractivity contribution in [3.63, 3.8) is 0 Å². The molecule has 2 amide bonds. The van der Waals surface area contributed by atoms with E-state index in [9.17, 15) is 14.4 Å². The van der Waals surface area contributed by atoms with E-state index in [2.05, 4.69) is 15.3 Å². The number of carbonyl (C=O) groups excluding carboxylic acids is 3. The average molecular weight is 543 g/mol. The van der Waals surface area contributed by atoms with Crippen LogP contribution in [0.4, 0.5) is 9.93 Å². The summed E-state index contributed by atoms with van der Waals surface area (Å²) in [5, 5.41) is 4.98. The number of nitrogens with one attached hydrogen (secondary N) is 1. The van der Waals surface area contributed by atoms with Crippen molar-refractivity contribution in [2.24, 2.45) is 0 Å². The van der Waals surface area contributed by atoms with E-state index in [0.29, 0.717) is 41.5 Å². The number of rotatable bonds is 8. The summed E-state index contributed by atoms with van der Waals surface area (Å²) in [5.74, 6) is -0.776. The molecular weight excluding hydrogens is 516 g/mol. The fraction of sp³-hybridized carbons (Fsp3) is 0.207. The molecule has 1 saturated heterocycles. The highest BCUT2D eigenvalue weighted by Crippen LogP contribution is 2.26. The van der Waals surface area contributed by atoms with Crippen LogP contribution in [-0.2, 0) is 27.5 Å². The van der Waals surface area contributed by atoms with E-state index in [0.717, 1.165) is 11.1 Å². The first-order chi connectivity index (χ1) is 19.1. The van der Waals surface area contributed by atoms with Crippen molar-refractivity contribution in [3.05, 3.63) is 101 Å². The lowest BCUT2D eigenvalue weighted by Crippen LogP contribution is -2.43. The minimum Gasteiger partial charge on any atom is -0.457 e. The summed E-state index contributed by atoms with van der Waals surface area (Å²) in [4.78, 5) is 48.2. The largest absolute Gasteiger partial charge is 0.457 e. The number of anilines is 1. The lowest BCUT2D eigenvalue weighted by atomic mass is 10.2. The predicted molar refractivity (Wildman–Crippen MR) is 146 cm³/mol. The van der Waals surface area contributed by atoms with Gasteiger partial charge in [-0.1, -0.05) is 60.7 Å². The fourth-order valence-corrected chi connectivity index (χ4v) is 4.88. The molecule has 1 aliphatic rings. The van der Waals surface area contributed by atoms with E-state index in [4.69, 9.17) is 9.47 Å². The zero-order chi connectivity index (χ0) is 27.0. The van der Waals surface area contributed by atoms with Gasteiger partial charge in [0.15, 0.2) is 5.13 Å². The molecule has 10 heteroatoms. The van der Waals surface area contributed by atoms with Crippen molar-refractivity contribution in [2.45, 2.75) is 32.1 Å². The number of benzene rings is 2. The first kappa shape index (κ1) is 26.1. The Labute approximate surface area is 229 Å². The zero-order valence-corrected chi connectivity index (χ0v) is 21.8. The van der Waals surface area contributed by atoms with Gasteiger partial charge in [0.1, 0.15) is 24.9 Å². The molecule has 3 heterocycles. The quantitative estimate of drug-likeness (QED) is 0.301. The van der Waals surface area contributed by atoms with E-state index in [1.165, 1.54) is 22.4 Å². The van der Waals surface area contributed by atoms with Crippen molar-refractivity contribution in [2.75, 3.05) is 11.9 Å². The molecule has 9 nitrogen and oxygen atoms in total. The smallest absolute Gasteiger partial charge is 0.410 e. The summed E-state index contributed by atoms with van der Waals surface area (Å²) in [6.45, 7) is 0.787. The van der Waals surface area contributed by atoms with Crippen LogP contribution in [0.25, 0.3) is 11.4 Å². The topological polar surface area (TPSA) is 111 Å². The Morgan fingerprint density at radius 3 is 2.26 bits per heavy atom. The number of likely N-dealkylation sites (tertiary alicyclic amines) is 1. The highest BCUT2D eigenvalue weighted by atomic mass is 32.1. The van der Waals surface area contributed by atoms with Gasteiger partial charge in [-0.05, 0) is 36.1 Å². The third kappa shape index (κ3) is 6.66. The molecule has 0 aliphatic carbocycles. The van der Waals surface area contributed by atoms with Crippen molar-refractivity contribution < 1.29 is 23.9 Å². The Hall–Kier alpha value is -4.57.